The Morgan fingerprint density at radius 2 is 1.81 bits per heavy atom. The molecule has 0 saturated heterocycles. The number of carbonyl (C=O) groups excluding carboxylic acids is 1. The van der Waals surface area contributed by atoms with Gasteiger partial charge in [-0.1, -0.05) is 0 Å². The summed E-state index contributed by atoms with van der Waals surface area (Å²) in [6.07, 6.45) is -3.32. The maximum Gasteiger partial charge on any atom is 0.424 e. The average molecular weight is 519 g/mol. The van der Waals surface area contributed by atoms with Gasteiger partial charge in [-0.05, 0) is 73.0 Å². The summed E-state index contributed by atoms with van der Waals surface area (Å²) >= 11 is 0. The summed E-state index contributed by atoms with van der Waals surface area (Å²) in [4.78, 5) is 16.8. The Hall–Kier alpha value is -3.70. The molecule has 1 aliphatic rings. The van der Waals surface area contributed by atoms with Crippen LogP contribution in [0.25, 0.3) is 11.3 Å². The van der Waals surface area contributed by atoms with Gasteiger partial charge in [-0.25, -0.2) is 9.37 Å². The van der Waals surface area contributed by atoms with E-state index in [1.807, 2.05) is 0 Å². The molecule has 7 nitrogen and oxygen atoms in total. The van der Waals surface area contributed by atoms with E-state index in [2.05, 4.69) is 10.3 Å². The molecule has 4 rings (SSSR count). The van der Waals surface area contributed by atoms with E-state index in [0.717, 1.165) is 31.0 Å². The molecule has 4 N–H and O–H groups in total. The fourth-order valence-corrected chi connectivity index (χ4v) is 3.60. The molecule has 1 saturated carbocycles. The van der Waals surface area contributed by atoms with E-state index < -0.39 is 35.7 Å². The summed E-state index contributed by atoms with van der Waals surface area (Å²) in [5, 5.41) is 13.0. The van der Waals surface area contributed by atoms with Gasteiger partial charge in [0, 0.05) is 17.7 Å². The molecule has 11 heteroatoms. The van der Waals surface area contributed by atoms with Gasteiger partial charge in [0.1, 0.15) is 5.82 Å². The van der Waals surface area contributed by atoms with Crippen LogP contribution in [0.2, 0.25) is 0 Å². The number of hydrogen-bond acceptors (Lipinski definition) is 6. The predicted molar refractivity (Wildman–Crippen MR) is 126 cm³/mol. The molecule has 0 bridgehead atoms. The molecule has 0 aliphatic heterocycles. The van der Waals surface area contributed by atoms with Crippen LogP contribution in [0.3, 0.4) is 0 Å². The molecule has 0 radical (unpaired) electrons. The fourth-order valence-electron chi connectivity index (χ4n) is 3.60. The van der Waals surface area contributed by atoms with Gasteiger partial charge in [-0.2, -0.15) is 13.2 Å². The summed E-state index contributed by atoms with van der Waals surface area (Å²) < 4.78 is 66.9. The highest BCUT2D eigenvalue weighted by molar-refractivity contribution is 5.95. The number of benzene rings is 2. The van der Waals surface area contributed by atoms with Crippen LogP contribution in [0.4, 0.5) is 17.6 Å². The van der Waals surface area contributed by atoms with Crippen molar-refractivity contribution in [1.29, 1.82) is 0 Å². The number of nitrogens with one attached hydrogen (secondary N) is 1. The first-order chi connectivity index (χ1) is 17.5. The maximum atomic E-state index is 14.2. The zero-order valence-electron chi connectivity index (χ0n) is 19.8. The van der Waals surface area contributed by atoms with E-state index in [0.29, 0.717) is 11.3 Å². The van der Waals surface area contributed by atoms with Crippen LogP contribution in [0.15, 0.2) is 54.6 Å². The molecule has 1 heterocycles. The number of aromatic nitrogens is 1. The van der Waals surface area contributed by atoms with Crippen LogP contribution >= 0.6 is 0 Å². The van der Waals surface area contributed by atoms with Crippen LogP contribution in [0.5, 0.6) is 11.5 Å². The van der Waals surface area contributed by atoms with Gasteiger partial charge in [0.2, 0.25) is 5.60 Å². The summed E-state index contributed by atoms with van der Waals surface area (Å²) in [5.74, 6) is -0.721. The number of carbonyl (C=O) groups is 1. The standard InChI is InChI=1S/C26H25F4N3O4/c1-36-22-12-17(4-9-21(22)37-19-7-8-19)24(34)32-14-25(35,26(28,29)30)23-11-15(13-31)10-20(33-23)16-2-5-18(27)6-3-16/h2-6,9-12,19,35H,7-8,13-14,31H2,1H3,(H,32,34). The molecule has 1 aliphatic carbocycles. The number of aliphatic hydroxyl groups is 1. The highest BCUT2D eigenvalue weighted by Crippen LogP contribution is 2.39. The molecule has 1 fully saturated rings. The molecule has 1 atom stereocenters. The Morgan fingerprint density at radius 3 is 2.41 bits per heavy atom. The van der Waals surface area contributed by atoms with Crippen molar-refractivity contribution in [2.24, 2.45) is 5.73 Å². The zero-order chi connectivity index (χ0) is 26.8. The van der Waals surface area contributed by atoms with E-state index in [-0.39, 0.29) is 35.2 Å². The number of nitrogens with zero attached hydrogens (tertiary/aromatic N) is 1. The molecule has 1 aromatic heterocycles. The van der Waals surface area contributed by atoms with Crippen LogP contribution in [0, 0.1) is 5.82 Å². The van der Waals surface area contributed by atoms with Crippen LogP contribution in [0.1, 0.15) is 34.5 Å². The fraction of sp³-hybridized carbons (Fsp3) is 0.308. The number of alkyl halides is 3. The molecule has 37 heavy (non-hydrogen) atoms. The monoisotopic (exact) mass is 519 g/mol. The second-order valence-electron chi connectivity index (χ2n) is 8.68. The Labute approximate surface area is 210 Å². The highest BCUT2D eigenvalue weighted by Gasteiger charge is 2.56. The predicted octanol–water partition coefficient (Wildman–Crippen LogP) is 4.08. The maximum absolute atomic E-state index is 14.2. The lowest BCUT2D eigenvalue weighted by molar-refractivity contribution is -0.265. The first-order valence-corrected chi connectivity index (χ1v) is 11.4. The van der Waals surface area contributed by atoms with Crippen molar-refractivity contribution in [2.45, 2.75) is 37.3 Å². The Kier molecular flexibility index (Phi) is 7.37. The Bertz CT molecular complexity index is 1280. The number of amides is 1. The van der Waals surface area contributed by atoms with Gasteiger partial charge < -0.3 is 25.6 Å². The lowest BCUT2D eigenvalue weighted by Gasteiger charge is -2.31. The van der Waals surface area contributed by atoms with Crippen molar-refractivity contribution in [3.8, 4) is 22.8 Å². The minimum Gasteiger partial charge on any atom is -0.493 e. The SMILES string of the molecule is COc1cc(C(=O)NCC(O)(c2cc(CN)cc(-c3ccc(F)cc3)n2)C(F)(F)F)ccc1OC1CC1. The van der Waals surface area contributed by atoms with E-state index in [1.54, 1.807) is 0 Å². The van der Waals surface area contributed by atoms with Crippen molar-refractivity contribution in [3.05, 3.63) is 77.2 Å². The largest absolute Gasteiger partial charge is 0.493 e. The average Bonchev–Trinajstić information content (AvgIpc) is 3.70. The van der Waals surface area contributed by atoms with Crippen molar-refractivity contribution in [3.63, 3.8) is 0 Å². The summed E-state index contributed by atoms with van der Waals surface area (Å²) in [7, 11) is 1.38. The number of halogens is 4. The molecule has 2 aromatic carbocycles. The first-order valence-electron chi connectivity index (χ1n) is 11.4. The Balaban J connectivity index is 1.62. The number of hydrogen-bond donors (Lipinski definition) is 3. The minimum atomic E-state index is -5.21. The number of pyridine rings is 1. The highest BCUT2D eigenvalue weighted by atomic mass is 19.4. The number of methoxy groups -OCH3 is 1. The zero-order valence-corrected chi connectivity index (χ0v) is 19.8. The first kappa shape index (κ1) is 26.4. The Morgan fingerprint density at radius 1 is 1.11 bits per heavy atom. The van der Waals surface area contributed by atoms with E-state index in [9.17, 15) is 27.5 Å². The van der Waals surface area contributed by atoms with Crippen LogP contribution in [-0.4, -0.2) is 41.9 Å². The van der Waals surface area contributed by atoms with Crippen molar-refractivity contribution in [1.82, 2.24) is 10.3 Å². The summed E-state index contributed by atoms with van der Waals surface area (Å²) in [5.41, 5.74) is 2.03. The van der Waals surface area contributed by atoms with Crippen LogP contribution < -0.4 is 20.5 Å². The third-order valence-corrected chi connectivity index (χ3v) is 5.90. The number of ether oxygens (including phenoxy) is 2. The number of rotatable bonds is 9. The van der Waals surface area contributed by atoms with Crippen molar-refractivity contribution in [2.75, 3.05) is 13.7 Å². The molecular formula is C26H25F4N3O4. The summed E-state index contributed by atoms with van der Waals surface area (Å²) in [6.45, 7) is -1.36. The van der Waals surface area contributed by atoms with Gasteiger partial charge in [-0.3, -0.25) is 4.79 Å². The van der Waals surface area contributed by atoms with Gasteiger partial charge in [0.05, 0.1) is 31.1 Å². The van der Waals surface area contributed by atoms with E-state index >= 15 is 0 Å². The summed E-state index contributed by atoms with van der Waals surface area (Å²) in [6, 6.07) is 11.7. The molecule has 3 aromatic rings. The second kappa shape index (κ2) is 10.3. The minimum absolute atomic E-state index is 0.0141. The molecule has 0 spiro atoms. The smallest absolute Gasteiger partial charge is 0.424 e. The normalized spacial score (nSPS) is 15.1. The van der Waals surface area contributed by atoms with Crippen molar-refractivity contribution < 1.29 is 36.9 Å². The third kappa shape index (κ3) is 5.83. The third-order valence-electron chi connectivity index (χ3n) is 5.90. The molecule has 1 amide bonds. The van der Waals surface area contributed by atoms with Crippen molar-refractivity contribution >= 4 is 5.91 Å². The molecule has 1 unspecified atom stereocenters. The van der Waals surface area contributed by atoms with E-state index in [4.69, 9.17) is 15.2 Å². The van der Waals surface area contributed by atoms with Gasteiger partial charge >= 0.3 is 6.18 Å². The van der Waals surface area contributed by atoms with E-state index in [1.165, 1.54) is 43.5 Å². The van der Waals surface area contributed by atoms with Crippen LogP contribution in [-0.2, 0) is 12.1 Å². The van der Waals surface area contributed by atoms with Gasteiger partial charge in [0.25, 0.3) is 5.91 Å². The van der Waals surface area contributed by atoms with Gasteiger partial charge in [-0.15, -0.1) is 0 Å². The lowest BCUT2D eigenvalue weighted by Crippen LogP contribution is -2.51. The number of nitrogens with two attached hydrogens (primary N) is 1. The molecule has 196 valence electrons. The lowest BCUT2D eigenvalue weighted by atomic mass is 9.95. The molecular weight excluding hydrogens is 494 g/mol. The quantitative estimate of drug-likeness (QED) is 0.368. The van der Waals surface area contributed by atoms with Gasteiger partial charge in [0.15, 0.2) is 11.5 Å². The topological polar surface area (TPSA) is 107 Å². The second-order valence-corrected chi connectivity index (χ2v) is 8.68.